The number of carbonyl (C=O) groups is 5. The second-order valence-electron chi connectivity index (χ2n) is 15.6. The van der Waals surface area contributed by atoms with Gasteiger partial charge in [0.1, 0.15) is 11.8 Å². The molecule has 0 radical (unpaired) electrons. The van der Waals surface area contributed by atoms with Crippen molar-refractivity contribution < 1.29 is 33.8 Å². The Morgan fingerprint density at radius 1 is 0.943 bits per heavy atom. The number of benzene rings is 2. The van der Waals surface area contributed by atoms with E-state index in [1.54, 1.807) is 26.0 Å². The molecule has 0 saturated heterocycles. The number of Topliss-reactive ketones (excluding diaryl/α,β-unsaturated/α-hetero) is 1. The molecular weight excluding hydrogens is 718 g/mol. The highest BCUT2D eigenvalue weighted by Crippen LogP contribution is 2.64. The second-order valence-corrected chi connectivity index (χ2v) is 16.6. The van der Waals surface area contributed by atoms with Crippen LogP contribution in [0.3, 0.4) is 0 Å². The van der Waals surface area contributed by atoms with E-state index < -0.39 is 70.6 Å². The van der Waals surface area contributed by atoms with Crippen molar-refractivity contribution in [3.8, 4) is 5.75 Å². The van der Waals surface area contributed by atoms with Gasteiger partial charge in [-0.3, -0.25) is 24.0 Å². The first-order chi connectivity index (χ1) is 24.6. The number of methoxy groups -OCH3 is 1. The number of aromatic hydroxyl groups is 1. The Morgan fingerprint density at radius 2 is 1.57 bits per heavy atom. The normalized spacial score (nSPS) is 26.0. The first-order valence-corrected chi connectivity index (χ1v) is 19.4. The van der Waals surface area contributed by atoms with Crippen molar-refractivity contribution in [3.63, 3.8) is 0 Å². The predicted molar refractivity (Wildman–Crippen MR) is 206 cm³/mol. The monoisotopic (exact) mass is 771 g/mol. The van der Waals surface area contributed by atoms with Crippen LogP contribution in [0.2, 0.25) is 0 Å². The van der Waals surface area contributed by atoms with Crippen molar-refractivity contribution in [2.75, 3.05) is 25.7 Å². The number of phenolic OH excluding ortho intramolecular Hbond substituents is 1. The van der Waals surface area contributed by atoms with Crippen LogP contribution in [0.4, 0.5) is 0 Å². The van der Waals surface area contributed by atoms with Crippen molar-refractivity contribution in [3.05, 3.63) is 65.7 Å². The summed E-state index contributed by atoms with van der Waals surface area (Å²) in [6, 6.07) is 12.7. The van der Waals surface area contributed by atoms with E-state index in [1.165, 1.54) is 31.0 Å². The zero-order valence-electron chi connectivity index (χ0n) is 30.9. The van der Waals surface area contributed by atoms with Gasteiger partial charge in [-0.1, -0.05) is 56.3 Å². The van der Waals surface area contributed by atoms with Gasteiger partial charge in [-0.25, -0.2) is 0 Å². The van der Waals surface area contributed by atoms with Gasteiger partial charge in [0.2, 0.25) is 17.7 Å². The summed E-state index contributed by atoms with van der Waals surface area (Å²) in [5.41, 5.74) is 12.3. The van der Waals surface area contributed by atoms with Crippen LogP contribution in [-0.4, -0.2) is 83.9 Å². The van der Waals surface area contributed by atoms with Crippen LogP contribution in [0.15, 0.2) is 54.6 Å². The smallest absolute Gasteiger partial charge is 0.312 e. The van der Waals surface area contributed by atoms with Gasteiger partial charge in [-0.2, -0.15) is 11.8 Å². The van der Waals surface area contributed by atoms with Crippen molar-refractivity contribution in [2.45, 2.75) is 87.9 Å². The van der Waals surface area contributed by atoms with Crippen LogP contribution < -0.4 is 27.4 Å². The van der Waals surface area contributed by atoms with E-state index in [0.717, 1.165) is 17.5 Å². The summed E-state index contributed by atoms with van der Waals surface area (Å²) in [5, 5.41) is 18.0. The highest BCUT2D eigenvalue weighted by Gasteiger charge is 2.68. The zero-order valence-corrected chi connectivity index (χ0v) is 32.5. The number of ketones is 1. The molecule has 2 aromatic rings. The van der Waals surface area contributed by atoms with Crippen molar-refractivity contribution in [1.29, 1.82) is 0 Å². The molecule has 4 bridgehead atoms. The largest absolute Gasteiger partial charge is 0.508 e. The standard InChI is InChI=1S/C39H53N5O7S.ClH/c1-37(2,26-10-12-27(45)13-11-26)33(40)35(49)44-28(14-15-52-4)34(48)42-22-30(46)43-29(17-23-8-6-5-7-9-23)31(47)32-38(36(50)51-3)18-24-16-25(19-38)21-39(32,41)20-24;/h5-13,24-25,28-29,32-33,45H,14-22,40-41H2,1-4H3,(H,42,48)(H,43,46)(H,44,49);1H/t24?,25?,28-,29+,32?,33-,38?,39?;/m1./s1. The molecule has 3 unspecified atom stereocenters. The Hall–Kier alpha value is -3.65. The molecule has 4 fully saturated rings. The average Bonchev–Trinajstić information content (AvgIpc) is 3.10. The van der Waals surface area contributed by atoms with Gasteiger partial charge in [0, 0.05) is 11.0 Å². The van der Waals surface area contributed by atoms with E-state index >= 15 is 0 Å². The number of nitrogens with two attached hydrogens (primary N) is 2. The summed E-state index contributed by atoms with van der Waals surface area (Å²) in [6.45, 7) is 3.17. The fourth-order valence-electron chi connectivity index (χ4n) is 9.26. The Labute approximate surface area is 322 Å². The van der Waals surface area contributed by atoms with E-state index in [1.807, 2.05) is 36.6 Å². The molecule has 0 heterocycles. The fraction of sp³-hybridized carbons (Fsp3) is 0.564. The SMILES string of the molecule is COC(=O)C12CC3CC(CC(N)(C3)C1C(=O)[C@H](Cc1ccccc1)NC(=O)CNC(=O)[C@@H](CCSC)NC(=O)[C@@H](N)C(C)(C)c1ccc(O)cc1)C2.Cl. The molecule has 6 atom stereocenters. The Kier molecular flexibility index (Phi) is 13.7. The third kappa shape index (κ3) is 9.01. The Morgan fingerprint density at radius 3 is 2.15 bits per heavy atom. The van der Waals surface area contributed by atoms with Gasteiger partial charge in [0.05, 0.1) is 37.1 Å². The number of halogens is 1. The third-order valence-electron chi connectivity index (χ3n) is 11.6. The number of rotatable bonds is 16. The molecule has 12 nitrogen and oxygen atoms in total. The zero-order chi connectivity index (χ0) is 37.8. The summed E-state index contributed by atoms with van der Waals surface area (Å²) in [6.07, 6.45) is 5.69. The third-order valence-corrected chi connectivity index (χ3v) is 12.3. The van der Waals surface area contributed by atoms with E-state index in [4.69, 9.17) is 16.2 Å². The summed E-state index contributed by atoms with van der Waals surface area (Å²) < 4.78 is 5.31. The highest BCUT2D eigenvalue weighted by molar-refractivity contribution is 7.98. The Bertz CT molecular complexity index is 1630. The van der Waals surface area contributed by atoms with Gasteiger partial charge in [0.15, 0.2) is 5.78 Å². The molecule has 4 saturated carbocycles. The average molecular weight is 772 g/mol. The van der Waals surface area contributed by atoms with Crippen LogP contribution in [-0.2, 0) is 40.5 Å². The molecule has 3 amide bonds. The summed E-state index contributed by atoms with van der Waals surface area (Å²) in [4.78, 5) is 68.6. The minimum Gasteiger partial charge on any atom is -0.508 e. The van der Waals surface area contributed by atoms with Gasteiger partial charge in [0.25, 0.3) is 0 Å². The van der Waals surface area contributed by atoms with Crippen molar-refractivity contribution >= 4 is 53.6 Å². The molecule has 4 aliphatic carbocycles. The molecule has 53 heavy (non-hydrogen) atoms. The number of hydrogen-bond donors (Lipinski definition) is 6. The number of thioether (sulfide) groups is 1. The van der Waals surface area contributed by atoms with Crippen LogP contribution in [0.5, 0.6) is 5.75 Å². The topological polar surface area (TPSA) is 203 Å². The van der Waals surface area contributed by atoms with E-state index in [9.17, 15) is 29.1 Å². The number of nitrogens with one attached hydrogen (secondary N) is 3. The lowest BCUT2D eigenvalue weighted by Gasteiger charge is -2.63. The lowest BCUT2D eigenvalue weighted by Crippen LogP contribution is -2.72. The van der Waals surface area contributed by atoms with Gasteiger partial charge in [-0.15, -0.1) is 12.4 Å². The fourth-order valence-corrected chi connectivity index (χ4v) is 9.73. The number of amides is 3. The number of carbonyl (C=O) groups excluding carboxylic acids is 5. The lowest BCUT2D eigenvalue weighted by atomic mass is 9.41. The number of esters is 1. The van der Waals surface area contributed by atoms with Crippen LogP contribution >= 0.6 is 24.2 Å². The minimum absolute atomic E-state index is 0. The lowest BCUT2D eigenvalue weighted by molar-refractivity contribution is -0.188. The first kappa shape index (κ1) is 42.1. The quantitative estimate of drug-likeness (QED) is 0.138. The van der Waals surface area contributed by atoms with E-state index in [-0.39, 0.29) is 42.2 Å². The maximum Gasteiger partial charge on any atom is 0.312 e. The molecule has 14 heteroatoms. The molecule has 290 valence electrons. The maximum absolute atomic E-state index is 14.7. The molecule has 4 aliphatic rings. The minimum atomic E-state index is -1.04. The van der Waals surface area contributed by atoms with Crippen molar-refractivity contribution in [2.24, 2.45) is 34.6 Å². The van der Waals surface area contributed by atoms with Crippen molar-refractivity contribution in [1.82, 2.24) is 16.0 Å². The van der Waals surface area contributed by atoms with Gasteiger partial charge < -0.3 is 37.3 Å². The molecule has 8 N–H and O–H groups in total. The maximum atomic E-state index is 14.7. The Balaban J connectivity index is 0.00000627. The number of hydrogen-bond acceptors (Lipinski definition) is 10. The molecule has 2 aromatic carbocycles. The molecule has 6 rings (SSSR count). The summed E-state index contributed by atoms with van der Waals surface area (Å²) >= 11 is 1.50. The van der Waals surface area contributed by atoms with E-state index in [0.29, 0.717) is 37.9 Å². The van der Waals surface area contributed by atoms with Gasteiger partial charge >= 0.3 is 5.97 Å². The number of ether oxygens (including phenoxy) is 1. The highest BCUT2D eigenvalue weighted by atomic mass is 35.5. The molecule has 0 spiro atoms. The van der Waals surface area contributed by atoms with Crippen LogP contribution in [0, 0.1) is 23.2 Å². The van der Waals surface area contributed by atoms with Gasteiger partial charge in [-0.05, 0) is 92.0 Å². The van der Waals surface area contributed by atoms with E-state index in [2.05, 4.69) is 16.0 Å². The molecule has 0 aromatic heterocycles. The molecular formula is C39H54ClN5O7S. The van der Waals surface area contributed by atoms with Crippen LogP contribution in [0.1, 0.15) is 63.5 Å². The first-order valence-electron chi connectivity index (χ1n) is 18.0. The molecule has 0 aliphatic heterocycles. The number of phenols is 1. The van der Waals surface area contributed by atoms with Crippen LogP contribution in [0.25, 0.3) is 0 Å². The summed E-state index contributed by atoms with van der Waals surface area (Å²) in [7, 11) is 1.34. The second kappa shape index (κ2) is 17.2. The summed E-state index contributed by atoms with van der Waals surface area (Å²) in [5.74, 6) is -2.12. The predicted octanol–water partition coefficient (Wildman–Crippen LogP) is 2.77.